The summed E-state index contributed by atoms with van der Waals surface area (Å²) in [7, 11) is 1.28. The Labute approximate surface area is 166 Å². The highest BCUT2D eigenvalue weighted by Crippen LogP contribution is 2.41. The average Bonchev–Trinajstić information content (AvgIpc) is 3.21. The summed E-state index contributed by atoms with van der Waals surface area (Å²) in [4.78, 5) is 50.3. The maximum absolute atomic E-state index is 13.1. The van der Waals surface area contributed by atoms with Gasteiger partial charge >= 0.3 is 12.0 Å². The summed E-state index contributed by atoms with van der Waals surface area (Å²) in [5.41, 5.74) is 1.52. The molecule has 1 saturated heterocycles. The maximum Gasteiger partial charge on any atom is 0.337 e. The maximum atomic E-state index is 13.1. The Kier molecular flexibility index (Phi) is 4.54. The molecule has 2 aromatic carbocycles. The predicted octanol–water partition coefficient (Wildman–Crippen LogP) is 1.81. The second-order valence-electron chi connectivity index (χ2n) is 7.00. The number of ether oxygens (including phenoxy) is 1. The van der Waals surface area contributed by atoms with Crippen molar-refractivity contribution in [3.63, 3.8) is 0 Å². The summed E-state index contributed by atoms with van der Waals surface area (Å²) in [6.07, 6.45) is 1.17. The summed E-state index contributed by atoms with van der Waals surface area (Å²) < 4.78 is 4.63. The van der Waals surface area contributed by atoms with Crippen LogP contribution in [0.5, 0.6) is 0 Å². The number of hydrogen-bond donors (Lipinski definition) is 2. The van der Waals surface area contributed by atoms with Gasteiger partial charge in [-0.25, -0.2) is 9.59 Å². The molecule has 0 radical (unpaired) electrons. The second kappa shape index (κ2) is 7.05. The molecule has 4 rings (SSSR count). The van der Waals surface area contributed by atoms with Crippen LogP contribution in [0.4, 0.5) is 10.5 Å². The monoisotopic (exact) mass is 393 g/mol. The number of carbonyl (C=O) groups excluding carboxylic acids is 4. The van der Waals surface area contributed by atoms with Crippen molar-refractivity contribution in [1.29, 1.82) is 0 Å². The molecule has 29 heavy (non-hydrogen) atoms. The van der Waals surface area contributed by atoms with E-state index in [0.717, 1.165) is 16.0 Å². The van der Waals surface area contributed by atoms with Crippen molar-refractivity contribution in [2.75, 3.05) is 19.0 Å². The van der Waals surface area contributed by atoms with Crippen LogP contribution < -0.4 is 10.6 Å². The molecule has 0 bridgehead atoms. The largest absolute Gasteiger partial charge is 0.465 e. The molecule has 148 valence electrons. The molecule has 0 saturated carbocycles. The Morgan fingerprint density at radius 1 is 1.14 bits per heavy atom. The van der Waals surface area contributed by atoms with Gasteiger partial charge in [0.25, 0.3) is 5.91 Å². The number of nitrogens with one attached hydrogen (secondary N) is 2. The fourth-order valence-corrected chi connectivity index (χ4v) is 3.88. The van der Waals surface area contributed by atoms with E-state index in [2.05, 4.69) is 15.4 Å². The molecule has 2 N–H and O–H groups in total. The van der Waals surface area contributed by atoms with Crippen molar-refractivity contribution in [1.82, 2.24) is 10.2 Å². The van der Waals surface area contributed by atoms with Crippen molar-refractivity contribution < 1.29 is 23.9 Å². The van der Waals surface area contributed by atoms with E-state index in [1.807, 2.05) is 24.3 Å². The van der Waals surface area contributed by atoms with E-state index < -0.39 is 35.9 Å². The molecule has 8 nitrogen and oxygen atoms in total. The number of rotatable bonds is 4. The molecular formula is C21H19N3O5. The highest BCUT2D eigenvalue weighted by Gasteiger charge is 2.55. The quantitative estimate of drug-likeness (QED) is 0.609. The molecule has 2 aliphatic rings. The van der Waals surface area contributed by atoms with Crippen LogP contribution in [0.3, 0.4) is 0 Å². The number of fused-ring (bicyclic) bond motifs is 2. The summed E-state index contributed by atoms with van der Waals surface area (Å²) in [6, 6.07) is 13.1. The van der Waals surface area contributed by atoms with Gasteiger partial charge in [0.1, 0.15) is 12.1 Å². The summed E-state index contributed by atoms with van der Waals surface area (Å²) in [5, 5.41) is 5.41. The van der Waals surface area contributed by atoms with E-state index in [1.165, 1.54) is 19.2 Å². The van der Waals surface area contributed by atoms with Gasteiger partial charge in [-0.1, -0.05) is 24.3 Å². The lowest BCUT2D eigenvalue weighted by Crippen LogP contribution is -2.42. The van der Waals surface area contributed by atoms with E-state index in [0.29, 0.717) is 24.1 Å². The molecule has 1 atom stereocenters. The zero-order valence-electron chi connectivity index (χ0n) is 15.7. The third-order valence-corrected chi connectivity index (χ3v) is 5.31. The number of aryl methyl sites for hydroxylation is 1. The lowest BCUT2D eigenvalue weighted by Gasteiger charge is -2.22. The minimum atomic E-state index is -1.09. The molecule has 1 spiro atoms. The highest BCUT2D eigenvalue weighted by atomic mass is 16.5. The third kappa shape index (κ3) is 3.12. The standard InChI is InChI=1S/C21H19N3O5/c1-29-18(26)14-6-8-15(9-7-14)22-17(25)12-24-19(27)21(23-20(24)28)11-10-13-4-2-3-5-16(13)21/h2-9H,10-12H2,1H3,(H,22,25)(H,23,28). The number of methoxy groups -OCH3 is 1. The van der Waals surface area contributed by atoms with Gasteiger partial charge in [0.2, 0.25) is 5.91 Å². The molecule has 1 heterocycles. The zero-order chi connectivity index (χ0) is 20.6. The van der Waals surface area contributed by atoms with Gasteiger partial charge in [-0.3, -0.25) is 14.5 Å². The number of nitrogens with zero attached hydrogens (tertiary/aromatic N) is 1. The number of imide groups is 1. The summed E-state index contributed by atoms with van der Waals surface area (Å²) >= 11 is 0. The number of carbonyl (C=O) groups is 4. The van der Waals surface area contributed by atoms with Crippen LogP contribution in [0.2, 0.25) is 0 Å². The number of benzene rings is 2. The fourth-order valence-electron chi connectivity index (χ4n) is 3.88. The first-order valence-corrected chi connectivity index (χ1v) is 9.15. The summed E-state index contributed by atoms with van der Waals surface area (Å²) in [5.74, 6) is -1.41. The number of urea groups is 1. The van der Waals surface area contributed by atoms with Crippen LogP contribution in [-0.2, 0) is 26.3 Å². The third-order valence-electron chi connectivity index (χ3n) is 5.31. The number of amides is 4. The Morgan fingerprint density at radius 2 is 1.86 bits per heavy atom. The van der Waals surface area contributed by atoms with E-state index in [9.17, 15) is 19.2 Å². The fraction of sp³-hybridized carbons (Fsp3) is 0.238. The molecule has 8 heteroatoms. The van der Waals surface area contributed by atoms with Crippen molar-refractivity contribution in [3.8, 4) is 0 Å². The van der Waals surface area contributed by atoms with Gasteiger partial charge in [-0.15, -0.1) is 0 Å². The first-order chi connectivity index (χ1) is 13.9. The van der Waals surface area contributed by atoms with Crippen LogP contribution in [0.15, 0.2) is 48.5 Å². The van der Waals surface area contributed by atoms with Crippen molar-refractivity contribution in [3.05, 3.63) is 65.2 Å². The van der Waals surface area contributed by atoms with Gasteiger partial charge < -0.3 is 15.4 Å². The number of hydrogen-bond acceptors (Lipinski definition) is 5. The SMILES string of the molecule is COC(=O)c1ccc(NC(=O)CN2C(=O)NC3(CCc4ccccc43)C2=O)cc1. The molecule has 2 aromatic rings. The molecule has 1 unspecified atom stereocenters. The lowest BCUT2D eigenvalue weighted by molar-refractivity contribution is -0.134. The zero-order valence-corrected chi connectivity index (χ0v) is 15.7. The van der Waals surface area contributed by atoms with E-state index in [-0.39, 0.29) is 0 Å². The van der Waals surface area contributed by atoms with Gasteiger partial charge in [0, 0.05) is 5.69 Å². The molecule has 1 fully saturated rings. The van der Waals surface area contributed by atoms with E-state index in [1.54, 1.807) is 12.1 Å². The average molecular weight is 393 g/mol. The smallest absolute Gasteiger partial charge is 0.337 e. The van der Waals surface area contributed by atoms with Crippen LogP contribution >= 0.6 is 0 Å². The highest BCUT2D eigenvalue weighted by molar-refractivity contribution is 6.11. The number of esters is 1. The second-order valence-corrected chi connectivity index (χ2v) is 7.00. The molecule has 4 amide bonds. The van der Waals surface area contributed by atoms with Crippen LogP contribution in [-0.4, -0.2) is 42.4 Å². The normalized spacial score (nSPS) is 19.8. The van der Waals surface area contributed by atoms with Gasteiger partial charge in [0.15, 0.2) is 0 Å². The Balaban J connectivity index is 1.46. The summed E-state index contributed by atoms with van der Waals surface area (Å²) in [6.45, 7) is -0.395. The van der Waals surface area contributed by atoms with Crippen molar-refractivity contribution in [2.24, 2.45) is 0 Å². The predicted molar refractivity (Wildman–Crippen MR) is 103 cm³/mol. The Morgan fingerprint density at radius 3 is 2.59 bits per heavy atom. The lowest BCUT2D eigenvalue weighted by atomic mass is 9.92. The topological polar surface area (TPSA) is 105 Å². The van der Waals surface area contributed by atoms with Crippen LogP contribution in [0.1, 0.15) is 27.9 Å². The van der Waals surface area contributed by atoms with Crippen LogP contribution in [0.25, 0.3) is 0 Å². The molecule has 0 aromatic heterocycles. The van der Waals surface area contributed by atoms with Crippen molar-refractivity contribution >= 4 is 29.5 Å². The van der Waals surface area contributed by atoms with Gasteiger partial charge in [-0.05, 0) is 48.2 Å². The first kappa shape index (κ1) is 18.7. The Hall–Kier alpha value is -3.68. The first-order valence-electron chi connectivity index (χ1n) is 9.15. The van der Waals surface area contributed by atoms with Gasteiger partial charge in [-0.2, -0.15) is 0 Å². The Bertz CT molecular complexity index is 1020. The minimum Gasteiger partial charge on any atom is -0.465 e. The molecule has 1 aliphatic carbocycles. The number of anilines is 1. The van der Waals surface area contributed by atoms with Crippen molar-refractivity contribution in [2.45, 2.75) is 18.4 Å². The molecule has 1 aliphatic heterocycles. The van der Waals surface area contributed by atoms with Gasteiger partial charge in [0.05, 0.1) is 12.7 Å². The molecular weight excluding hydrogens is 374 g/mol. The minimum absolute atomic E-state index is 0.349. The van der Waals surface area contributed by atoms with Crippen LogP contribution in [0, 0.1) is 0 Å². The van der Waals surface area contributed by atoms with E-state index >= 15 is 0 Å². The van der Waals surface area contributed by atoms with E-state index in [4.69, 9.17) is 0 Å².